The standard InChI is InChI=1S/C21H22FN3O4/c22-16-4-6-17(7-5-16)24-21(27)25-9-1-2-15(12-25)20(26)23-11-14-3-8-18-19(10-14)29-13-28-18/h3-8,10,15H,1-2,9,11-13H2,(H,23,26)(H,24,27). The summed E-state index contributed by atoms with van der Waals surface area (Å²) in [7, 11) is 0. The predicted octanol–water partition coefficient (Wildman–Crippen LogP) is 3.11. The van der Waals surface area contributed by atoms with Crippen LogP contribution in [0.2, 0.25) is 0 Å². The smallest absolute Gasteiger partial charge is 0.321 e. The Kier molecular flexibility index (Phi) is 5.50. The summed E-state index contributed by atoms with van der Waals surface area (Å²) in [5.41, 5.74) is 1.44. The van der Waals surface area contributed by atoms with Crippen molar-refractivity contribution < 1.29 is 23.5 Å². The van der Waals surface area contributed by atoms with E-state index < -0.39 is 0 Å². The van der Waals surface area contributed by atoms with Crippen molar-refractivity contribution in [1.82, 2.24) is 10.2 Å². The lowest BCUT2D eigenvalue weighted by atomic mass is 9.97. The molecule has 29 heavy (non-hydrogen) atoms. The lowest BCUT2D eigenvalue weighted by Gasteiger charge is -2.32. The van der Waals surface area contributed by atoms with Crippen LogP contribution >= 0.6 is 0 Å². The molecule has 1 fully saturated rings. The van der Waals surface area contributed by atoms with Gasteiger partial charge in [-0.25, -0.2) is 9.18 Å². The van der Waals surface area contributed by atoms with Gasteiger partial charge in [-0.1, -0.05) is 6.07 Å². The van der Waals surface area contributed by atoms with Crippen LogP contribution in [0.3, 0.4) is 0 Å². The molecule has 152 valence electrons. The number of halogens is 1. The number of piperidine rings is 1. The minimum atomic E-state index is -0.361. The molecule has 3 amide bonds. The molecular weight excluding hydrogens is 377 g/mol. The highest BCUT2D eigenvalue weighted by molar-refractivity contribution is 5.90. The van der Waals surface area contributed by atoms with Gasteiger partial charge in [-0.2, -0.15) is 0 Å². The molecule has 0 radical (unpaired) electrons. The fraction of sp³-hybridized carbons (Fsp3) is 0.333. The van der Waals surface area contributed by atoms with Crippen LogP contribution in [0.1, 0.15) is 18.4 Å². The Hall–Kier alpha value is -3.29. The third-order valence-electron chi connectivity index (χ3n) is 5.08. The van der Waals surface area contributed by atoms with E-state index in [2.05, 4.69) is 10.6 Å². The molecule has 2 aliphatic rings. The highest BCUT2D eigenvalue weighted by Gasteiger charge is 2.28. The zero-order chi connectivity index (χ0) is 20.2. The number of nitrogens with zero attached hydrogens (tertiary/aromatic N) is 1. The van der Waals surface area contributed by atoms with E-state index in [0.717, 1.165) is 18.4 Å². The number of urea groups is 1. The lowest BCUT2D eigenvalue weighted by molar-refractivity contribution is -0.126. The van der Waals surface area contributed by atoms with Crippen molar-refractivity contribution in [1.29, 1.82) is 0 Å². The topological polar surface area (TPSA) is 79.9 Å². The molecule has 2 aromatic rings. The summed E-state index contributed by atoms with van der Waals surface area (Å²) in [5.74, 6) is 0.673. The van der Waals surface area contributed by atoms with E-state index in [9.17, 15) is 14.0 Å². The highest BCUT2D eigenvalue weighted by atomic mass is 19.1. The summed E-state index contributed by atoms with van der Waals surface area (Å²) in [6, 6.07) is 10.9. The van der Waals surface area contributed by atoms with Crippen molar-refractivity contribution in [3.8, 4) is 11.5 Å². The number of nitrogens with one attached hydrogen (secondary N) is 2. The molecule has 2 heterocycles. The fourth-order valence-electron chi connectivity index (χ4n) is 3.50. The van der Waals surface area contributed by atoms with Gasteiger partial charge in [0.2, 0.25) is 12.7 Å². The summed E-state index contributed by atoms with van der Waals surface area (Å²) in [5, 5.41) is 5.68. The molecule has 1 atom stereocenters. The third kappa shape index (κ3) is 4.59. The molecule has 0 aliphatic carbocycles. The van der Waals surface area contributed by atoms with E-state index in [1.54, 1.807) is 4.90 Å². The van der Waals surface area contributed by atoms with Gasteiger partial charge in [-0.3, -0.25) is 4.79 Å². The molecule has 0 bridgehead atoms. The van der Waals surface area contributed by atoms with E-state index >= 15 is 0 Å². The number of amides is 3. The van der Waals surface area contributed by atoms with Crippen molar-refractivity contribution in [2.75, 3.05) is 25.2 Å². The molecule has 0 spiro atoms. The molecule has 2 aromatic carbocycles. The molecule has 0 aromatic heterocycles. The number of benzene rings is 2. The van der Waals surface area contributed by atoms with Crippen molar-refractivity contribution in [3.63, 3.8) is 0 Å². The molecule has 2 aliphatic heterocycles. The largest absolute Gasteiger partial charge is 0.454 e. The van der Waals surface area contributed by atoms with Gasteiger partial charge in [0.05, 0.1) is 5.92 Å². The average Bonchev–Trinajstić information content (AvgIpc) is 3.21. The van der Waals surface area contributed by atoms with Gasteiger partial charge in [0.25, 0.3) is 0 Å². The van der Waals surface area contributed by atoms with Crippen LogP contribution in [0.15, 0.2) is 42.5 Å². The van der Waals surface area contributed by atoms with Gasteiger partial charge in [0.15, 0.2) is 11.5 Å². The molecule has 0 saturated carbocycles. The zero-order valence-corrected chi connectivity index (χ0v) is 15.8. The van der Waals surface area contributed by atoms with Crippen LogP contribution in [-0.4, -0.2) is 36.7 Å². The first kappa shape index (κ1) is 19.0. The predicted molar refractivity (Wildman–Crippen MR) is 104 cm³/mol. The Morgan fingerprint density at radius 1 is 1.10 bits per heavy atom. The van der Waals surface area contributed by atoms with Crippen molar-refractivity contribution in [2.45, 2.75) is 19.4 Å². The first-order valence-electron chi connectivity index (χ1n) is 9.56. The fourth-order valence-corrected chi connectivity index (χ4v) is 3.50. The Morgan fingerprint density at radius 3 is 2.72 bits per heavy atom. The monoisotopic (exact) mass is 399 g/mol. The number of fused-ring (bicyclic) bond motifs is 1. The van der Waals surface area contributed by atoms with E-state index in [1.807, 2.05) is 18.2 Å². The molecular formula is C21H22FN3O4. The average molecular weight is 399 g/mol. The van der Waals surface area contributed by atoms with E-state index in [-0.39, 0.29) is 30.5 Å². The highest BCUT2D eigenvalue weighted by Crippen LogP contribution is 2.32. The first-order chi connectivity index (χ1) is 14.1. The minimum absolute atomic E-state index is 0.0815. The summed E-state index contributed by atoms with van der Waals surface area (Å²) in [6.07, 6.45) is 1.48. The SMILES string of the molecule is O=C(NCc1ccc2c(c1)OCO2)C1CCCN(C(=O)Nc2ccc(F)cc2)C1. The van der Waals surface area contributed by atoms with Crippen LogP contribution < -0.4 is 20.1 Å². The summed E-state index contributed by atoms with van der Waals surface area (Å²) < 4.78 is 23.6. The molecule has 7 nitrogen and oxygen atoms in total. The van der Waals surface area contributed by atoms with Gasteiger partial charge in [-0.05, 0) is 54.8 Å². The maximum absolute atomic E-state index is 13.0. The normalized spacial score (nSPS) is 17.7. The van der Waals surface area contributed by atoms with Crippen LogP contribution in [0.5, 0.6) is 11.5 Å². The Morgan fingerprint density at radius 2 is 1.90 bits per heavy atom. The number of anilines is 1. The Balaban J connectivity index is 1.29. The molecule has 1 saturated heterocycles. The van der Waals surface area contributed by atoms with Gasteiger partial charge in [-0.15, -0.1) is 0 Å². The summed E-state index contributed by atoms with van der Waals surface area (Å²) >= 11 is 0. The van der Waals surface area contributed by atoms with Crippen LogP contribution in [0.25, 0.3) is 0 Å². The van der Waals surface area contributed by atoms with Crippen molar-refractivity contribution in [3.05, 3.63) is 53.8 Å². The number of ether oxygens (including phenoxy) is 2. The van der Waals surface area contributed by atoms with Crippen molar-refractivity contribution >= 4 is 17.6 Å². The second-order valence-electron chi connectivity index (χ2n) is 7.13. The Bertz CT molecular complexity index is 903. The number of carbonyl (C=O) groups excluding carboxylic acids is 2. The minimum Gasteiger partial charge on any atom is -0.454 e. The zero-order valence-electron chi connectivity index (χ0n) is 15.8. The third-order valence-corrected chi connectivity index (χ3v) is 5.08. The van der Waals surface area contributed by atoms with E-state index in [4.69, 9.17) is 9.47 Å². The van der Waals surface area contributed by atoms with Gasteiger partial charge in [0.1, 0.15) is 5.82 Å². The number of carbonyl (C=O) groups is 2. The molecule has 1 unspecified atom stereocenters. The van der Waals surface area contributed by atoms with Gasteiger partial charge < -0.3 is 25.0 Å². The lowest BCUT2D eigenvalue weighted by Crippen LogP contribution is -2.46. The molecule has 4 rings (SSSR count). The van der Waals surface area contributed by atoms with Crippen LogP contribution in [-0.2, 0) is 11.3 Å². The van der Waals surface area contributed by atoms with Crippen LogP contribution in [0, 0.1) is 11.7 Å². The van der Waals surface area contributed by atoms with Gasteiger partial charge in [0, 0.05) is 25.3 Å². The van der Waals surface area contributed by atoms with E-state index in [1.165, 1.54) is 24.3 Å². The van der Waals surface area contributed by atoms with Crippen LogP contribution in [0.4, 0.5) is 14.9 Å². The summed E-state index contributed by atoms with van der Waals surface area (Å²) in [6.45, 7) is 1.52. The number of likely N-dealkylation sites (tertiary alicyclic amines) is 1. The molecule has 8 heteroatoms. The van der Waals surface area contributed by atoms with Gasteiger partial charge >= 0.3 is 6.03 Å². The number of hydrogen-bond acceptors (Lipinski definition) is 4. The summed E-state index contributed by atoms with van der Waals surface area (Å²) in [4.78, 5) is 26.7. The Labute approximate surface area is 167 Å². The quantitative estimate of drug-likeness (QED) is 0.828. The van der Waals surface area contributed by atoms with Crippen molar-refractivity contribution in [2.24, 2.45) is 5.92 Å². The maximum Gasteiger partial charge on any atom is 0.321 e. The maximum atomic E-state index is 13.0. The second kappa shape index (κ2) is 8.38. The number of hydrogen-bond donors (Lipinski definition) is 2. The van der Waals surface area contributed by atoms with E-state index in [0.29, 0.717) is 36.8 Å². The first-order valence-corrected chi connectivity index (χ1v) is 9.56. The number of rotatable bonds is 4. The molecule has 2 N–H and O–H groups in total. The second-order valence-corrected chi connectivity index (χ2v) is 7.13.